The van der Waals surface area contributed by atoms with Gasteiger partial charge in [-0.15, -0.1) is 0 Å². The summed E-state index contributed by atoms with van der Waals surface area (Å²) in [6.45, 7) is 2.64. The molecular formula is C18H20F3N3O5S. The van der Waals surface area contributed by atoms with Crippen LogP contribution in [0.1, 0.15) is 19.4 Å². The van der Waals surface area contributed by atoms with Crippen LogP contribution >= 0.6 is 0 Å². The monoisotopic (exact) mass is 447 g/mol. The summed E-state index contributed by atoms with van der Waals surface area (Å²) in [7, 11) is -2.82. The molecular weight excluding hydrogens is 427 g/mol. The van der Waals surface area contributed by atoms with E-state index in [4.69, 9.17) is 0 Å². The van der Waals surface area contributed by atoms with Crippen molar-refractivity contribution in [3.8, 4) is 0 Å². The SMILES string of the molecule is CN(Cc1ccccc1)C(=O)C1N2C(=O)C(NC(=O)C(F)(F)F)[C@@H]2S(=O)(=O)C1(C)C. The third kappa shape index (κ3) is 3.22. The minimum Gasteiger partial charge on any atom is -0.340 e. The van der Waals surface area contributed by atoms with Crippen molar-refractivity contribution < 1.29 is 36.0 Å². The number of alkyl halides is 3. The van der Waals surface area contributed by atoms with Gasteiger partial charge in [0.1, 0.15) is 12.1 Å². The minimum atomic E-state index is -5.27. The predicted molar refractivity (Wildman–Crippen MR) is 98.3 cm³/mol. The summed E-state index contributed by atoms with van der Waals surface area (Å²) in [6.07, 6.45) is -5.27. The maximum Gasteiger partial charge on any atom is 0.471 e. The molecule has 3 amide bonds. The molecule has 0 saturated carbocycles. The normalized spacial score (nSPS) is 26.5. The van der Waals surface area contributed by atoms with E-state index < -0.39 is 55.9 Å². The van der Waals surface area contributed by atoms with Crippen molar-refractivity contribution in [2.24, 2.45) is 0 Å². The zero-order valence-corrected chi connectivity index (χ0v) is 17.1. The lowest BCUT2D eigenvalue weighted by Crippen LogP contribution is -2.73. The van der Waals surface area contributed by atoms with Crippen LogP contribution in [0.4, 0.5) is 13.2 Å². The number of hydrogen-bond donors (Lipinski definition) is 1. The van der Waals surface area contributed by atoms with Crippen molar-refractivity contribution in [3.05, 3.63) is 35.9 Å². The Morgan fingerprint density at radius 1 is 1.20 bits per heavy atom. The highest BCUT2D eigenvalue weighted by Crippen LogP contribution is 2.46. The highest BCUT2D eigenvalue weighted by molar-refractivity contribution is 7.94. The third-order valence-corrected chi connectivity index (χ3v) is 8.31. The Bertz CT molecular complexity index is 994. The van der Waals surface area contributed by atoms with Gasteiger partial charge in [0, 0.05) is 13.6 Å². The van der Waals surface area contributed by atoms with Crippen LogP contribution in [0.25, 0.3) is 0 Å². The molecule has 0 spiro atoms. The van der Waals surface area contributed by atoms with E-state index in [-0.39, 0.29) is 6.54 Å². The van der Waals surface area contributed by atoms with Gasteiger partial charge in [-0.25, -0.2) is 8.42 Å². The van der Waals surface area contributed by atoms with Gasteiger partial charge in [0.05, 0.1) is 4.75 Å². The molecule has 30 heavy (non-hydrogen) atoms. The lowest BCUT2D eigenvalue weighted by Gasteiger charge is -2.44. The van der Waals surface area contributed by atoms with Crippen molar-refractivity contribution in [3.63, 3.8) is 0 Å². The van der Waals surface area contributed by atoms with Gasteiger partial charge in [0.25, 0.3) is 0 Å². The number of carbonyl (C=O) groups is 3. The topological polar surface area (TPSA) is 104 Å². The number of hydrogen-bond acceptors (Lipinski definition) is 5. The van der Waals surface area contributed by atoms with Crippen molar-refractivity contribution in [2.75, 3.05) is 7.05 Å². The van der Waals surface area contributed by atoms with Gasteiger partial charge in [-0.2, -0.15) is 13.2 Å². The average Bonchev–Trinajstić information content (AvgIpc) is 2.79. The van der Waals surface area contributed by atoms with Crippen molar-refractivity contribution in [1.29, 1.82) is 0 Å². The molecule has 1 aromatic rings. The Morgan fingerprint density at radius 3 is 2.30 bits per heavy atom. The molecule has 0 radical (unpaired) electrons. The molecule has 8 nitrogen and oxygen atoms in total. The first kappa shape index (κ1) is 22.1. The lowest BCUT2D eigenvalue weighted by atomic mass is 9.94. The second-order valence-corrected chi connectivity index (χ2v) is 10.4. The number of carbonyl (C=O) groups excluding carboxylic acids is 3. The highest BCUT2D eigenvalue weighted by atomic mass is 32.2. The molecule has 3 atom stereocenters. The number of sulfone groups is 1. The Hall–Kier alpha value is -2.63. The van der Waals surface area contributed by atoms with E-state index in [1.165, 1.54) is 31.1 Å². The largest absolute Gasteiger partial charge is 0.471 e. The summed E-state index contributed by atoms with van der Waals surface area (Å²) < 4.78 is 61.8. The molecule has 2 aliphatic heterocycles. The van der Waals surface area contributed by atoms with Crippen molar-refractivity contribution in [1.82, 2.24) is 15.1 Å². The minimum absolute atomic E-state index is 0.146. The predicted octanol–water partition coefficient (Wildman–Crippen LogP) is 0.436. The van der Waals surface area contributed by atoms with Gasteiger partial charge in [-0.3, -0.25) is 14.4 Å². The fourth-order valence-corrected chi connectivity index (χ4v) is 6.02. The van der Waals surface area contributed by atoms with E-state index in [1.54, 1.807) is 30.3 Å². The van der Waals surface area contributed by atoms with Crippen LogP contribution in [0.5, 0.6) is 0 Å². The third-order valence-electron chi connectivity index (χ3n) is 5.48. The molecule has 164 valence electrons. The fraction of sp³-hybridized carbons (Fsp3) is 0.500. The zero-order valence-electron chi connectivity index (χ0n) is 16.3. The maximum atomic E-state index is 13.1. The Labute approximate surface area is 170 Å². The second kappa shape index (κ2) is 6.96. The molecule has 0 bridgehead atoms. The number of nitrogens with zero attached hydrogens (tertiary/aromatic N) is 2. The second-order valence-electron chi connectivity index (χ2n) is 7.82. The number of likely N-dealkylation sites (N-methyl/N-ethyl adjacent to an activating group) is 1. The summed E-state index contributed by atoms with van der Waals surface area (Å²) in [5.41, 5.74) is 0.772. The smallest absolute Gasteiger partial charge is 0.340 e. The Balaban J connectivity index is 1.88. The van der Waals surface area contributed by atoms with Crippen LogP contribution in [0.3, 0.4) is 0 Å². The number of nitrogens with one attached hydrogen (secondary N) is 1. The van der Waals surface area contributed by atoms with Gasteiger partial charge in [0.2, 0.25) is 11.8 Å². The van der Waals surface area contributed by atoms with Crippen LogP contribution in [0.2, 0.25) is 0 Å². The van der Waals surface area contributed by atoms with E-state index in [0.29, 0.717) is 0 Å². The number of benzene rings is 1. The molecule has 2 saturated heterocycles. The summed E-state index contributed by atoms with van der Waals surface area (Å²) in [4.78, 5) is 38.8. The van der Waals surface area contributed by atoms with Gasteiger partial charge in [0.15, 0.2) is 15.2 Å². The van der Waals surface area contributed by atoms with E-state index in [1.807, 2.05) is 0 Å². The molecule has 0 aliphatic carbocycles. The quantitative estimate of drug-likeness (QED) is 0.675. The summed E-state index contributed by atoms with van der Waals surface area (Å²) in [5, 5.41) is -0.291. The molecule has 2 unspecified atom stereocenters. The van der Waals surface area contributed by atoms with Gasteiger partial charge in [-0.05, 0) is 19.4 Å². The molecule has 2 fully saturated rings. The number of halogens is 3. The zero-order chi connectivity index (χ0) is 22.6. The van der Waals surface area contributed by atoms with Crippen molar-refractivity contribution in [2.45, 2.75) is 48.8 Å². The number of fused-ring (bicyclic) bond motifs is 1. The molecule has 1 N–H and O–H groups in total. The van der Waals surface area contributed by atoms with Crippen LogP contribution in [0.15, 0.2) is 30.3 Å². The molecule has 3 rings (SSSR count). The molecule has 2 aliphatic rings. The van der Waals surface area contributed by atoms with Crippen molar-refractivity contribution >= 4 is 27.6 Å². The molecule has 2 heterocycles. The average molecular weight is 447 g/mol. The molecule has 1 aromatic carbocycles. The molecule has 12 heteroatoms. The first-order valence-electron chi connectivity index (χ1n) is 8.93. The maximum absolute atomic E-state index is 13.1. The molecule has 0 aromatic heterocycles. The van der Waals surface area contributed by atoms with E-state index >= 15 is 0 Å². The summed E-state index contributed by atoms with van der Waals surface area (Å²) in [6, 6.07) is 5.53. The number of rotatable bonds is 4. The Morgan fingerprint density at radius 2 is 1.77 bits per heavy atom. The van der Waals surface area contributed by atoms with E-state index in [9.17, 15) is 36.0 Å². The van der Waals surface area contributed by atoms with Gasteiger partial charge < -0.3 is 15.1 Å². The van der Waals surface area contributed by atoms with Crippen LogP contribution in [-0.4, -0.2) is 71.4 Å². The summed E-state index contributed by atoms with van der Waals surface area (Å²) in [5.74, 6) is -4.12. The first-order chi connectivity index (χ1) is 13.7. The van der Waals surface area contributed by atoms with Crippen LogP contribution in [-0.2, 0) is 30.8 Å². The highest BCUT2D eigenvalue weighted by Gasteiger charge is 2.72. The Kier molecular flexibility index (Phi) is 5.12. The first-order valence-corrected chi connectivity index (χ1v) is 10.5. The van der Waals surface area contributed by atoms with Crippen LogP contribution in [0, 0.1) is 0 Å². The fourth-order valence-electron chi connectivity index (χ4n) is 3.81. The number of amides is 3. The summed E-state index contributed by atoms with van der Waals surface area (Å²) >= 11 is 0. The van der Waals surface area contributed by atoms with Crippen LogP contribution < -0.4 is 5.32 Å². The van der Waals surface area contributed by atoms with Gasteiger partial charge in [-0.1, -0.05) is 30.3 Å². The standard InChI is InChI=1S/C18H20F3N3O5S/c1-17(2)12(14(26)23(3)9-10-7-5-4-6-8-10)24-13(25)11(15(24)30(17,28)29)22-16(27)18(19,20)21/h4-8,11-12,15H,9H2,1-3H3,(H,22,27)/t11?,12?,15-/m0/s1. The number of β-lactam (4-membered cyclic amide) rings is 1. The lowest BCUT2D eigenvalue weighted by molar-refractivity contribution is -0.178. The van der Waals surface area contributed by atoms with E-state index in [2.05, 4.69) is 0 Å². The van der Waals surface area contributed by atoms with E-state index in [0.717, 1.165) is 10.5 Å². The van der Waals surface area contributed by atoms with Gasteiger partial charge >= 0.3 is 12.1 Å².